The summed E-state index contributed by atoms with van der Waals surface area (Å²) in [6.07, 6.45) is 2.99. The highest BCUT2D eigenvalue weighted by atomic mass is 16.5. The van der Waals surface area contributed by atoms with Gasteiger partial charge in [0.2, 0.25) is 5.88 Å². The zero-order valence-corrected chi connectivity index (χ0v) is 19.3. The summed E-state index contributed by atoms with van der Waals surface area (Å²) in [4.78, 5) is 17.7. The van der Waals surface area contributed by atoms with Gasteiger partial charge in [-0.2, -0.15) is 0 Å². The number of aromatic nitrogens is 1. The van der Waals surface area contributed by atoms with Crippen LogP contribution >= 0.6 is 0 Å². The Bertz CT molecular complexity index is 1040. The molecule has 174 valence electrons. The monoisotopic (exact) mass is 449 g/mol. The zero-order chi connectivity index (χ0) is 23.0. The lowest BCUT2D eigenvalue weighted by Crippen LogP contribution is -2.33. The van der Waals surface area contributed by atoms with E-state index in [4.69, 9.17) is 14.0 Å². The van der Waals surface area contributed by atoms with Crippen molar-refractivity contribution in [3.8, 4) is 17.0 Å². The number of anilines is 1. The molecular weight excluding hydrogens is 418 g/mol. The molecule has 0 saturated carbocycles. The summed E-state index contributed by atoms with van der Waals surface area (Å²) < 4.78 is 16.5. The van der Waals surface area contributed by atoms with Gasteiger partial charge in [-0.1, -0.05) is 41.6 Å². The van der Waals surface area contributed by atoms with Gasteiger partial charge in [0.05, 0.1) is 19.2 Å². The SMILES string of the molecule is COCCCN(Cc1c(-c2ccccc2)noc1N1CCCC1)C(=O)c1cccc(OC)c1. The quantitative estimate of drug-likeness (QED) is 0.421. The summed E-state index contributed by atoms with van der Waals surface area (Å²) in [5.74, 6) is 1.37. The standard InChI is InChI=1S/C26H31N3O4/c1-31-17-9-16-29(25(30)21-12-8-13-22(18-21)32-2)19-23-24(20-10-4-3-5-11-20)27-33-26(23)28-14-6-7-15-28/h3-5,8,10-13,18H,6-7,9,14-17,19H2,1-2H3. The van der Waals surface area contributed by atoms with Crippen molar-refractivity contribution in [2.24, 2.45) is 0 Å². The molecule has 1 saturated heterocycles. The van der Waals surface area contributed by atoms with Crippen molar-refractivity contribution < 1.29 is 18.8 Å². The van der Waals surface area contributed by atoms with Gasteiger partial charge >= 0.3 is 0 Å². The molecule has 0 atom stereocenters. The van der Waals surface area contributed by atoms with Gasteiger partial charge in [-0.3, -0.25) is 4.79 Å². The van der Waals surface area contributed by atoms with E-state index in [1.807, 2.05) is 53.4 Å². The molecule has 4 rings (SSSR count). The molecule has 7 nitrogen and oxygen atoms in total. The molecule has 3 aromatic rings. The van der Waals surface area contributed by atoms with E-state index in [0.717, 1.165) is 55.1 Å². The Kier molecular flexibility index (Phi) is 7.62. The van der Waals surface area contributed by atoms with E-state index in [-0.39, 0.29) is 5.91 Å². The molecule has 0 bridgehead atoms. The molecule has 0 radical (unpaired) electrons. The van der Waals surface area contributed by atoms with Crippen LogP contribution in [0.4, 0.5) is 5.88 Å². The van der Waals surface area contributed by atoms with E-state index in [9.17, 15) is 4.79 Å². The van der Waals surface area contributed by atoms with E-state index in [2.05, 4.69) is 10.1 Å². The number of benzene rings is 2. The number of rotatable bonds is 10. The number of nitrogens with zero attached hydrogens (tertiary/aromatic N) is 3. The Morgan fingerprint density at radius 2 is 1.88 bits per heavy atom. The first-order valence-corrected chi connectivity index (χ1v) is 11.4. The fraction of sp³-hybridized carbons (Fsp3) is 0.385. The van der Waals surface area contributed by atoms with Crippen molar-refractivity contribution in [1.82, 2.24) is 10.1 Å². The Balaban J connectivity index is 1.69. The van der Waals surface area contributed by atoms with Gasteiger partial charge in [-0.25, -0.2) is 0 Å². The first-order chi connectivity index (χ1) is 16.2. The minimum absolute atomic E-state index is 0.0578. The van der Waals surface area contributed by atoms with Crippen molar-refractivity contribution in [1.29, 1.82) is 0 Å². The van der Waals surface area contributed by atoms with Crippen molar-refractivity contribution in [2.75, 3.05) is 45.4 Å². The number of hydrogen-bond acceptors (Lipinski definition) is 6. The lowest BCUT2D eigenvalue weighted by Gasteiger charge is -2.24. The summed E-state index contributed by atoms with van der Waals surface area (Å²) in [6, 6.07) is 17.3. The fourth-order valence-electron chi connectivity index (χ4n) is 4.22. The summed E-state index contributed by atoms with van der Waals surface area (Å²) in [6.45, 7) is 3.41. The second kappa shape index (κ2) is 11.0. The van der Waals surface area contributed by atoms with Gasteiger partial charge in [0.1, 0.15) is 11.4 Å². The van der Waals surface area contributed by atoms with Gasteiger partial charge in [0.25, 0.3) is 5.91 Å². The van der Waals surface area contributed by atoms with E-state index < -0.39 is 0 Å². The first-order valence-electron chi connectivity index (χ1n) is 11.4. The highest BCUT2D eigenvalue weighted by Crippen LogP contribution is 2.34. The third-order valence-corrected chi connectivity index (χ3v) is 5.94. The van der Waals surface area contributed by atoms with Crippen LogP contribution in [-0.4, -0.2) is 56.4 Å². The molecule has 33 heavy (non-hydrogen) atoms. The van der Waals surface area contributed by atoms with Crippen LogP contribution in [0.15, 0.2) is 59.1 Å². The molecule has 0 unspecified atom stereocenters. The van der Waals surface area contributed by atoms with Crippen molar-refractivity contribution in [3.63, 3.8) is 0 Å². The fourth-order valence-corrected chi connectivity index (χ4v) is 4.22. The van der Waals surface area contributed by atoms with Crippen LogP contribution in [0.5, 0.6) is 5.75 Å². The third kappa shape index (κ3) is 5.37. The predicted octanol–water partition coefficient (Wildman–Crippen LogP) is 4.63. The topological polar surface area (TPSA) is 68.0 Å². The van der Waals surface area contributed by atoms with Crippen LogP contribution in [0.1, 0.15) is 35.2 Å². The van der Waals surface area contributed by atoms with E-state index >= 15 is 0 Å². The van der Waals surface area contributed by atoms with Crippen LogP contribution in [0, 0.1) is 0 Å². The lowest BCUT2D eigenvalue weighted by atomic mass is 10.1. The van der Waals surface area contributed by atoms with E-state index in [1.54, 1.807) is 20.3 Å². The van der Waals surface area contributed by atoms with Crippen molar-refractivity contribution in [3.05, 3.63) is 65.7 Å². The van der Waals surface area contributed by atoms with Crippen molar-refractivity contribution >= 4 is 11.8 Å². The minimum Gasteiger partial charge on any atom is -0.497 e. The number of methoxy groups -OCH3 is 2. The normalized spacial score (nSPS) is 13.3. The molecule has 2 heterocycles. The van der Waals surface area contributed by atoms with Gasteiger partial charge < -0.3 is 23.8 Å². The Labute approximate surface area is 194 Å². The van der Waals surface area contributed by atoms with Crippen molar-refractivity contribution in [2.45, 2.75) is 25.8 Å². The smallest absolute Gasteiger partial charge is 0.254 e. The van der Waals surface area contributed by atoms with Gasteiger partial charge in [-0.05, 0) is 37.5 Å². The number of ether oxygens (including phenoxy) is 2. The van der Waals surface area contributed by atoms with E-state index in [0.29, 0.717) is 31.0 Å². The van der Waals surface area contributed by atoms with Crippen LogP contribution in [0.2, 0.25) is 0 Å². The number of hydrogen-bond donors (Lipinski definition) is 0. The van der Waals surface area contributed by atoms with Crippen LogP contribution < -0.4 is 9.64 Å². The molecule has 0 aliphatic carbocycles. The minimum atomic E-state index is -0.0578. The number of carbonyl (C=O) groups is 1. The molecule has 7 heteroatoms. The average Bonchev–Trinajstić information content (AvgIpc) is 3.54. The maximum absolute atomic E-state index is 13.6. The summed E-state index contributed by atoms with van der Waals surface area (Å²) in [5.41, 5.74) is 3.30. The molecule has 0 N–H and O–H groups in total. The lowest BCUT2D eigenvalue weighted by molar-refractivity contribution is 0.0723. The molecule has 1 aromatic heterocycles. The molecule has 1 aliphatic rings. The molecular formula is C26H31N3O4. The molecule has 1 amide bonds. The number of carbonyl (C=O) groups excluding carboxylic acids is 1. The highest BCUT2D eigenvalue weighted by molar-refractivity contribution is 5.94. The van der Waals surface area contributed by atoms with Gasteiger partial charge in [0.15, 0.2) is 0 Å². The summed E-state index contributed by atoms with van der Waals surface area (Å²) >= 11 is 0. The molecule has 1 aliphatic heterocycles. The predicted molar refractivity (Wildman–Crippen MR) is 128 cm³/mol. The summed E-state index contributed by atoms with van der Waals surface area (Å²) in [7, 11) is 3.28. The average molecular weight is 450 g/mol. The van der Waals surface area contributed by atoms with Crippen LogP contribution in [0.25, 0.3) is 11.3 Å². The van der Waals surface area contributed by atoms with Crippen LogP contribution in [0.3, 0.4) is 0 Å². The first kappa shape index (κ1) is 22.9. The maximum Gasteiger partial charge on any atom is 0.254 e. The molecule has 2 aromatic carbocycles. The zero-order valence-electron chi connectivity index (χ0n) is 19.3. The Hall–Kier alpha value is -3.32. The highest BCUT2D eigenvalue weighted by Gasteiger charge is 2.28. The van der Waals surface area contributed by atoms with Gasteiger partial charge in [0, 0.05) is 44.5 Å². The number of amides is 1. The summed E-state index contributed by atoms with van der Waals surface area (Å²) in [5, 5.41) is 4.44. The second-order valence-electron chi connectivity index (χ2n) is 8.18. The second-order valence-corrected chi connectivity index (χ2v) is 8.18. The Morgan fingerprint density at radius 3 is 2.61 bits per heavy atom. The third-order valence-electron chi connectivity index (χ3n) is 5.94. The maximum atomic E-state index is 13.6. The van der Waals surface area contributed by atoms with Crippen LogP contribution in [-0.2, 0) is 11.3 Å². The molecule has 0 spiro atoms. The van der Waals surface area contributed by atoms with Gasteiger partial charge in [-0.15, -0.1) is 0 Å². The Morgan fingerprint density at radius 1 is 1.09 bits per heavy atom. The molecule has 1 fully saturated rings. The van der Waals surface area contributed by atoms with E-state index in [1.165, 1.54) is 0 Å². The largest absolute Gasteiger partial charge is 0.497 e.